The van der Waals surface area contributed by atoms with Crippen LogP contribution in [0.5, 0.6) is 5.75 Å². The van der Waals surface area contributed by atoms with Gasteiger partial charge in [0.1, 0.15) is 11.3 Å². The highest BCUT2D eigenvalue weighted by atomic mass is 16.5. The lowest BCUT2D eigenvalue weighted by atomic mass is 9.76. The summed E-state index contributed by atoms with van der Waals surface area (Å²) in [6.07, 6.45) is 3.84. The fourth-order valence-electron chi connectivity index (χ4n) is 3.74. The Bertz CT molecular complexity index is 940. The van der Waals surface area contributed by atoms with Gasteiger partial charge in [0.25, 0.3) is 0 Å². The van der Waals surface area contributed by atoms with Crippen LogP contribution in [0, 0.1) is 0 Å². The zero-order chi connectivity index (χ0) is 18.5. The highest BCUT2D eigenvalue weighted by molar-refractivity contribution is 5.55. The molecule has 3 heteroatoms. The fourth-order valence-corrected chi connectivity index (χ4v) is 3.74. The van der Waals surface area contributed by atoms with Gasteiger partial charge in [-0.2, -0.15) is 5.10 Å². The second-order valence-electron chi connectivity index (χ2n) is 6.32. The van der Waals surface area contributed by atoms with Crippen molar-refractivity contribution in [2.75, 3.05) is 6.61 Å². The van der Waals surface area contributed by atoms with Crippen molar-refractivity contribution in [2.24, 2.45) is 0 Å². The summed E-state index contributed by atoms with van der Waals surface area (Å²) in [7, 11) is 0. The highest BCUT2D eigenvalue weighted by Crippen LogP contribution is 2.44. The van der Waals surface area contributed by atoms with E-state index < -0.39 is 5.54 Å². The van der Waals surface area contributed by atoms with Gasteiger partial charge in [0.2, 0.25) is 0 Å². The highest BCUT2D eigenvalue weighted by Gasteiger charge is 2.41. The third-order valence-electron chi connectivity index (χ3n) is 4.81. The summed E-state index contributed by atoms with van der Waals surface area (Å²) >= 11 is 0. The Morgan fingerprint density at radius 1 is 0.778 bits per heavy atom. The van der Waals surface area contributed by atoms with E-state index in [-0.39, 0.29) is 0 Å². The molecule has 27 heavy (non-hydrogen) atoms. The molecule has 3 nitrogen and oxygen atoms in total. The van der Waals surface area contributed by atoms with Gasteiger partial charge >= 0.3 is 0 Å². The second-order valence-corrected chi connectivity index (χ2v) is 6.32. The molecule has 0 fully saturated rings. The number of benzene rings is 3. The summed E-state index contributed by atoms with van der Waals surface area (Å²) < 4.78 is 8.07. The van der Waals surface area contributed by atoms with Crippen LogP contribution >= 0.6 is 0 Å². The molecule has 0 amide bonds. The lowest BCUT2D eigenvalue weighted by Gasteiger charge is -2.37. The minimum absolute atomic E-state index is 0.607. The summed E-state index contributed by atoms with van der Waals surface area (Å²) in [4.78, 5) is 0. The molecule has 0 aliphatic heterocycles. The van der Waals surface area contributed by atoms with Crippen LogP contribution in [0.3, 0.4) is 0 Å². The van der Waals surface area contributed by atoms with Gasteiger partial charge < -0.3 is 4.74 Å². The first-order valence-corrected chi connectivity index (χ1v) is 9.21. The van der Waals surface area contributed by atoms with Crippen LogP contribution in [0.4, 0.5) is 0 Å². The summed E-state index contributed by atoms with van der Waals surface area (Å²) in [5.41, 5.74) is 2.70. The van der Waals surface area contributed by atoms with Crippen molar-refractivity contribution in [1.29, 1.82) is 0 Å². The molecule has 0 saturated heterocycles. The van der Waals surface area contributed by atoms with Gasteiger partial charge in [0.05, 0.1) is 6.61 Å². The molecule has 0 atom stereocenters. The molecule has 3 aromatic carbocycles. The van der Waals surface area contributed by atoms with E-state index in [0.29, 0.717) is 6.61 Å². The number of hydrogen-bond donors (Lipinski definition) is 0. The van der Waals surface area contributed by atoms with Crippen LogP contribution in [-0.2, 0) is 5.54 Å². The molecule has 134 valence electrons. The van der Waals surface area contributed by atoms with Gasteiger partial charge in [-0.1, -0.05) is 78.9 Å². The van der Waals surface area contributed by atoms with Crippen molar-refractivity contribution in [2.45, 2.75) is 12.5 Å². The summed E-state index contributed by atoms with van der Waals surface area (Å²) in [6.45, 7) is 2.62. The first-order valence-electron chi connectivity index (χ1n) is 9.21. The Morgan fingerprint density at radius 3 is 1.93 bits per heavy atom. The molecule has 0 aliphatic carbocycles. The van der Waals surface area contributed by atoms with Crippen molar-refractivity contribution in [1.82, 2.24) is 9.78 Å². The minimum Gasteiger partial charge on any atom is -0.493 e. The van der Waals surface area contributed by atoms with Crippen molar-refractivity contribution >= 4 is 0 Å². The Hall–Kier alpha value is -3.33. The van der Waals surface area contributed by atoms with Crippen molar-refractivity contribution in [3.05, 3.63) is 120 Å². The third kappa shape index (κ3) is 2.91. The normalized spacial score (nSPS) is 11.3. The van der Waals surface area contributed by atoms with Crippen LogP contribution in [0.1, 0.15) is 23.6 Å². The maximum Gasteiger partial charge on any atom is 0.141 e. The number of ether oxygens (including phenoxy) is 1. The van der Waals surface area contributed by atoms with E-state index in [9.17, 15) is 0 Å². The van der Waals surface area contributed by atoms with E-state index in [1.165, 1.54) is 0 Å². The number of nitrogens with zero attached hydrogens (tertiary/aromatic N) is 2. The molecule has 4 rings (SSSR count). The Balaban J connectivity index is 2.13. The molecule has 4 aromatic rings. The predicted octanol–water partition coefficient (Wildman–Crippen LogP) is 5.12. The monoisotopic (exact) mass is 354 g/mol. The first-order chi connectivity index (χ1) is 13.4. The smallest absolute Gasteiger partial charge is 0.141 e. The summed E-state index contributed by atoms with van der Waals surface area (Å²) in [5.74, 6) is 0.864. The zero-order valence-electron chi connectivity index (χ0n) is 15.3. The first kappa shape index (κ1) is 17.1. The van der Waals surface area contributed by atoms with Gasteiger partial charge in [0, 0.05) is 18.0 Å². The largest absolute Gasteiger partial charge is 0.493 e. The number of rotatable bonds is 6. The van der Waals surface area contributed by atoms with Crippen LogP contribution in [0.15, 0.2) is 103 Å². The molecule has 0 unspecified atom stereocenters. The molecular weight excluding hydrogens is 332 g/mol. The van der Waals surface area contributed by atoms with Gasteiger partial charge in [0.15, 0.2) is 0 Å². The Morgan fingerprint density at radius 2 is 1.37 bits per heavy atom. The van der Waals surface area contributed by atoms with Crippen LogP contribution in [-0.4, -0.2) is 16.4 Å². The second kappa shape index (κ2) is 7.50. The molecule has 1 aromatic heterocycles. The molecule has 0 aliphatic rings. The zero-order valence-corrected chi connectivity index (χ0v) is 15.3. The van der Waals surface area contributed by atoms with E-state index >= 15 is 0 Å². The molecule has 0 N–H and O–H groups in total. The molecule has 0 radical (unpaired) electrons. The minimum atomic E-state index is -0.627. The lowest BCUT2D eigenvalue weighted by Crippen LogP contribution is -2.38. The number of hydrogen-bond acceptors (Lipinski definition) is 2. The van der Waals surface area contributed by atoms with Gasteiger partial charge in [-0.25, -0.2) is 0 Å². The van der Waals surface area contributed by atoms with Crippen molar-refractivity contribution < 1.29 is 4.74 Å². The van der Waals surface area contributed by atoms with E-state index in [1.54, 1.807) is 0 Å². The summed E-state index contributed by atoms with van der Waals surface area (Å²) in [6, 6.07) is 31.1. The Labute approximate surface area is 159 Å². The van der Waals surface area contributed by atoms with Crippen LogP contribution in [0.2, 0.25) is 0 Å². The molecule has 0 bridgehead atoms. The SMILES string of the molecule is CCOc1ccccc1C(c1ccccc1)(c1ccccc1)n1cccn1. The average molecular weight is 354 g/mol. The average Bonchev–Trinajstić information content (AvgIpc) is 3.27. The predicted molar refractivity (Wildman–Crippen MR) is 108 cm³/mol. The lowest BCUT2D eigenvalue weighted by molar-refractivity contribution is 0.325. The standard InChI is InChI=1S/C24H22N2O/c1-2-27-23-17-10-9-16-22(23)24(26-19-11-18-25-26,20-12-5-3-6-13-20)21-14-7-4-8-15-21/h3-19H,2H2,1H3. The van der Waals surface area contributed by atoms with E-state index in [2.05, 4.69) is 65.8 Å². The van der Waals surface area contributed by atoms with Gasteiger partial charge in [-0.05, 0) is 30.2 Å². The molecule has 1 heterocycles. The number of aromatic nitrogens is 2. The van der Waals surface area contributed by atoms with Crippen molar-refractivity contribution in [3.63, 3.8) is 0 Å². The molecule has 0 saturated carbocycles. The van der Waals surface area contributed by atoms with Crippen LogP contribution in [0.25, 0.3) is 0 Å². The quantitative estimate of drug-likeness (QED) is 0.449. The summed E-state index contributed by atoms with van der Waals surface area (Å²) in [5, 5.41) is 4.68. The fraction of sp³-hybridized carbons (Fsp3) is 0.125. The van der Waals surface area contributed by atoms with Gasteiger partial charge in [-0.15, -0.1) is 0 Å². The Kier molecular flexibility index (Phi) is 4.75. The van der Waals surface area contributed by atoms with E-state index in [4.69, 9.17) is 4.74 Å². The van der Waals surface area contributed by atoms with Gasteiger partial charge in [-0.3, -0.25) is 4.68 Å². The molecule has 0 spiro atoms. The maximum absolute atomic E-state index is 6.04. The maximum atomic E-state index is 6.04. The van der Waals surface area contributed by atoms with E-state index in [1.807, 2.05) is 54.3 Å². The van der Waals surface area contributed by atoms with Crippen molar-refractivity contribution in [3.8, 4) is 5.75 Å². The van der Waals surface area contributed by atoms with E-state index in [0.717, 1.165) is 22.4 Å². The molecular formula is C24H22N2O. The third-order valence-corrected chi connectivity index (χ3v) is 4.81. The van der Waals surface area contributed by atoms with Crippen LogP contribution < -0.4 is 4.74 Å². The number of para-hydroxylation sites is 1. The topological polar surface area (TPSA) is 27.1 Å².